The van der Waals surface area contributed by atoms with E-state index in [9.17, 15) is 13.2 Å². The molecule has 104 valence electrons. The van der Waals surface area contributed by atoms with Gasteiger partial charge in [-0.3, -0.25) is 0 Å². The highest BCUT2D eigenvalue weighted by atomic mass is 35.5. The van der Waals surface area contributed by atoms with Crippen LogP contribution in [-0.4, -0.2) is 29.5 Å². The van der Waals surface area contributed by atoms with Crippen LogP contribution in [0.25, 0.3) is 11.3 Å². The molecule has 1 heterocycles. The lowest BCUT2D eigenvalue weighted by atomic mass is 10.1. The lowest BCUT2D eigenvalue weighted by Crippen LogP contribution is -2.01. The smallest absolute Gasteiger partial charge is 0.354 e. The Kier molecular flexibility index (Phi) is 4.31. The van der Waals surface area contributed by atoms with E-state index in [1.807, 2.05) is 0 Å². The average molecular weight is 313 g/mol. The van der Waals surface area contributed by atoms with E-state index >= 15 is 0 Å². The highest BCUT2D eigenvalue weighted by Gasteiger charge is 2.09. The Bertz CT molecular complexity index is 738. The fourth-order valence-electron chi connectivity index (χ4n) is 1.61. The van der Waals surface area contributed by atoms with Crippen LogP contribution in [0.15, 0.2) is 30.6 Å². The molecule has 2 rings (SSSR count). The summed E-state index contributed by atoms with van der Waals surface area (Å²) in [5.41, 5.74) is 1.35. The summed E-state index contributed by atoms with van der Waals surface area (Å²) in [6.07, 6.45) is 1.15. The summed E-state index contributed by atoms with van der Waals surface area (Å²) in [6, 6.07) is 6.07. The molecule has 0 aliphatic rings. The van der Waals surface area contributed by atoms with Crippen LogP contribution in [-0.2, 0) is 16.5 Å². The van der Waals surface area contributed by atoms with E-state index in [1.165, 1.54) is 6.07 Å². The molecular formula is C12H9ClN2O4S. The second-order valence-corrected chi connectivity index (χ2v) is 5.28. The van der Waals surface area contributed by atoms with Crippen molar-refractivity contribution in [1.82, 2.24) is 9.97 Å². The third-order valence-corrected chi connectivity index (χ3v) is 3.49. The summed E-state index contributed by atoms with van der Waals surface area (Å²) < 4.78 is 21.4. The van der Waals surface area contributed by atoms with Gasteiger partial charge in [-0.1, -0.05) is 23.7 Å². The molecule has 1 aromatic heterocycles. The number of hydrogen-bond donors (Lipinski definition) is 2. The van der Waals surface area contributed by atoms with Crippen molar-refractivity contribution in [3.8, 4) is 11.3 Å². The van der Waals surface area contributed by atoms with Gasteiger partial charge >= 0.3 is 5.97 Å². The number of aromatic nitrogens is 2. The molecule has 2 aromatic rings. The number of thiol groups is 1. The maximum atomic E-state index is 10.8. The van der Waals surface area contributed by atoms with Crippen LogP contribution in [0.3, 0.4) is 0 Å². The molecule has 0 aliphatic carbocycles. The van der Waals surface area contributed by atoms with E-state index in [-0.39, 0.29) is 16.5 Å². The lowest BCUT2D eigenvalue weighted by molar-refractivity contribution is 0.0690. The minimum absolute atomic E-state index is 0.127. The molecule has 0 bridgehead atoms. The first-order chi connectivity index (χ1) is 9.47. The van der Waals surface area contributed by atoms with Crippen LogP contribution in [0.5, 0.6) is 0 Å². The number of carboxylic acids is 1. The molecular weight excluding hydrogens is 304 g/mol. The van der Waals surface area contributed by atoms with Crippen LogP contribution in [0.1, 0.15) is 16.1 Å². The van der Waals surface area contributed by atoms with E-state index in [4.69, 9.17) is 16.7 Å². The Hall–Kier alpha value is -1.99. The quantitative estimate of drug-likeness (QED) is 0.832. The number of nitrogens with zero attached hydrogens (tertiary/aromatic N) is 2. The number of benzene rings is 1. The molecule has 0 aliphatic heterocycles. The summed E-state index contributed by atoms with van der Waals surface area (Å²) >= 11 is 6.00. The summed E-state index contributed by atoms with van der Waals surface area (Å²) in [5.74, 6) is -1.29. The molecule has 0 spiro atoms. The zero-order valence-corrected chi connectivity index (χ0v) is 11.6. The van der Waals surface area contributed by atoms with E-state index < -0.39 is 16.7 Å². The van der Waals surface area contributed by atoms with E-state index in [0.717, 1.165) is 6.33 Å². The van der Waals surface area contributed by atoms with Crippen molar-refractivity contribution in [2.75, 3.05) is 0 Å². The number of hydrogen-bond acceptors (Lipinski definition) is 5. The summed E-state index contributed by atoms with van der Waals surface area (Å²) in [5, 5.41) is 9.16. The minimum Gasteiger partial charge on any atom is -0.477 e. The Morgan fingerprint density at radius 1 is 1.25 bits per heavy atom. The number of aromatic carboxylic acids is 1. The van der Waals surface area contributed by atoms with Crippen molar-refractivity contribution < 1.29 is 18.3 Å². The molecule has 20 heavy (non-hydrogen) atoms. The van der Waals surface area contributed by atoms with E-state index in [0.29, 0.717) is 16.8 Å². The van der Waals surface area contributed by atoms with Crippen molar-refractivity contribution >= 4 is 28.3 Å². The zero-order valence-electron chi connectivity index (χ0n) is 9.99. The van der Waals surface area contributed by atoms with Gasteiger partial charge in [-0.15, -0.1) is 0 Å². The van der Waals surface area contributed by atoms with Crippen LogP contribution in [0.2, 0.25) is 5.02 Å². The first-order valence-corrected chi connectivity index (χ1v) is 7.17. The Morgan fingerprint density at radius 2 is 2.00 bits per heavy atom. The van der Waals surface area contributed by atoms with Gasteiger partial charge in [-0.25, -0.2) is 23.2 Å². The molecule has 0 saturated heterocycles. The predicted octanol–water partition coefficient (Wildman–Crippen LogP) is 1.61. The molecule has 8 heteroatoms. The van der Waals surface area contributed by atoms with Crippen molar-refractivity contribution in [3.63, 3.8) is 0 Å². The highest BCUT2D eigenvalue weighted by molar-refractivity contribution is 7.71. The van der Waals surface area contributed by atoms with Crippen molar-refractivity contribution in [2.45, 2.75) is 5.75 Å². The summed E-state index contributed by atoms with van der Waals surface area (Å²) in [6.45, 7) is 0. The average Bonchev–Trinajstić information content (AvgIpc) is 2.40. The Morgan fingerprint density at radius 3 is 2.60 bits per heavy atom. The fourth-order valence-corrected chi connectivity index (χ4v) is 2.50. The first kappa shape index (κ1) is 14.4. The molecule has 0 saturated carbocycles. The standard InChI is InChI=1S/C12H9ClN2O4S/c13-9-3-7(1-2-8(9)5-20(18)19)10-4-11(12(16)17)15-6-14-10/h1-4,6,20H,5H2,(H,16,17). The molecule has 6 nitrogen and oxygen atoms in total. The van der Waals surface area contributed by atoms with Gasteiger partial charge in [0, 0.05) is 10.6 Å². The first-order valence-electron chi connectivity index (χ1n) is 5.43. The van der Waals surface area contributed by atoms with Gasteiger partial charge in [0.2, 0.25) is 0 Å². The minimum atomic E-state index is -2.56. The second-order valence-electron chi connectivity index (χ2n) is 3.89. The maximum Gasteiger partial charge on any atom is 0.354 e. The SMILES string of the molecule is O=C(O)c1cc(-c2ccc(C[SH](=O)=O)c(Cl)c2)ncn1. The topological polar surface area (TPSA) is 97.2 Å². The predicted molar refractivity (Wildman–Crippen MR) is 73.5 cm³/mol. The van der Waals surface area contributed by atoms with Crippen molar-refractivity contribution in [1.29, 1.82) is 0 Å². The molecule has 0 radical (unpaired) electrons. The summed E-state index contributed by atoms with van der Waals surface area (Å²) in [7, 11) is -2.56. The van der Waals surface area contributed by atoms with Gasteiger partial charge < -0.3 is 5.11 Å². The largest absolute Gasteiger partial charge is 0.477 e. The maximum absolute atomic E-state index is 10.8. The lowest BCUT2D eigenvalue weighted by Gasteiger charge is -2.05. The third-order valence-electron chi connectivity index (χ3n) is 2.53. The van der Waals surface area contributed by atoms with Crippen molar-refractivity contribution in [2.24, 2.45) is 0 Å². The van der Waals surface area contributed by atoms with Gasteiger partial charge in [-0.2, -0.15) is 0 Å². The van der Waals surface area contributed by atoms with E-state index in [1.54, 1.807) is 18.2 Å². The molecule has 1 N–H and O–H groups in total. The van der Waals surface area contributed by atoms with Gasteiger partial charge in [0.1, 0.15) is 17.0 Å². The molecule has 0 amide bonds. The van der Waals surface area contributed by atoms with Crippen molar-refractivity contribution in [3.05, 3.63) is 46.9 Å². The normalized spacial score (nSPS) is 10.7. The third kappa shape index (κ3) is 3.31. The molecule has 0 atom stereocenters. The van der Waals surface area contributed by atoms with Gasteiger partial charge in [-0.05, 0) is 17.7 Å². The van der Waals surface area contributed by atoms with E-state index in [2.05, 4.69) is 9.97 Å². The van der Waals surface area contributed by atoms with Crippen LogP contribution in [0, 0.1) is 0 Å². The molecule has 1 aromatic carbocycles. The number of carboxylic acid groups (broad SMARTS) is 1. The van der Waals surface area contributed by atoms with Gasteiger partial charge in [0.15, 0.2) is 5.69 Å². The Balaban J connectivity index is 2.41. The van der Waals surface area contributed by atoms with Gasteiger partial charge in [0.25, 0.3) is 0 Å². The molecule has 0 unspecified atom stereocenters. The van der Waals surface area contributed by atoms with Crippen LogP contribution in [0.4, 0.5) is 0 Å². The fraction of sp³-hybridized carbons (Fsp3) is 0.0833. The number of rotatable bonds is 4. The Labute approximate surface area is 121 Å². The van der Waals surface area contributed by atoms with Crippen LogP contribution < -0.4 is 0 Å². The van der Waals surface area contributed by atoms with Crippen LogP contribution >= 0.6 is 11.6 Å². The zero-order chi connectivity index (χ0) is 14.7. The second kappa shape index (κ2) is 5.98. The monoisotopic (exact) mass is 312 g/mol. The highest BCUT2D eigenvalue weighted by Crippen LogP contribution is 2.25. The molecule has 0 fully saturated rings. The number of halogens is 1. The van der Waals surface area contributed by atoms with Gasteiger partial charge in [0.05, 0.1) is 11.4 Å². The summed E-state index contributed by atoms with van der Waals surface area (Å²) in [4.78, 5) is 18.4. The number of carbonyl (C=O) groups is 1.